The monoisotopic (exact) mass is 330 g/mol. The van der Waals surface area contributed by atoms with Gasteiger partial charge in [-0.05, 0) is 24.2 Å². The highest BCUT2D eigenvalue weighted by Crippen LogP contribution is 2.64. The molecule has 1 aliphatic heterocycles. The fraction of sp³-hybridized carbons (Fsp3) is 0.938. The number of Topliss-reactive ketones (excluding diaryl/α,β-unsaturated/α-hetero) is 1. The molecule has 2 saturated carbocycles. The zero-order valence-electron chi connectivity index (χ0n) is 13.7. The second kappa shape index (κ2) is 5.47. The van der Waals surface area contributed by atoms with Crippen LogP contribution in [0.25, 0.3) is 0 Å². The standard InChI is InChI=1S/C16H26O7/c1-15(2)7-4-5-16(15,3)13(21)12(7)23-14-11(20)10(19)9(18)8(6-17)22-14/h7-12,14,17-20H,4-6H2,1-3H3/t7-,8+,9+,10-,11+,12-,14-,16+/m0/s1. The van der Waals surface area contributed by atoms with Crippen molar-refractivity contribution in [3.8, 4) is 0 Å². The first-order chi connectivity index (χ1) is 10.6. The molecule has 0 amide bonds. The minimum absolute atomic E-state index is 0.00397. The molecule has 0 spiro atoms. The number of ether oxygens (including phenoxy) is 2. The van der Waals surface area contributed by atoms with Crippen LogP contribution in [0.3, 0.4) is 0 Å². The normalized spacial score (nSPS) is 52.1. The Hall–Kier alpha value is -0.570. The first kappa shape index (κ1) is 17.3. The Morgan fingerprint density at radius 3 is 2.35 bits per heavy atom. The maximum absolute atomic E-state index is 12.8. The third-order valence-electron chi connectivity index (χ3n) is 6.60. The fourth-order valence-corrected chi connectivity index (χ4v) is 4.48. The Kier molecular flexibility index (Phi) is 4.11. The van der Waals surface area contributed by atoms with Gasteiger partial charge in [0, 0.05) is 5.41 Å². The number of aliphatic hydroxyl groups excluding tert-OH is 4. The van der Waals surface area contributed by atoms with E-state index in [4.69, 9.17) is 9.47 Å². The summed E-state index contributed by atoms with van der Waals surface area (Å²) in [6, 6.07) is 0. The zero-order chi connectivity index (χ0) is 17.2. The molecule has 3 aliphatic rings. The zero-order valence-corrected chi connectivity index (χ0v) is 13.7. The maximum Gasteiger partial charge on any atom is 0.187 e. The van der Waals surface area contributed by atoms with Crippen molar-refractivity contribution < 1.29 is 34.7 Å². The SMILES string of the molecule is CC1(C)[C@H]2CC[C@]1(C)C(=O)[C@H]2O[C@@H]1O[C@H](CO)[C@@H](O)[C@H](O)[C@H]1O. The van der Waals surface area contributed by atoms with Gasteiger partial charge in [0.05, 0.1) is 6.61 Å². The van der Waals surface area contributed by atoms with E-state index in [1.807, 2.05) is 6.92 Å². The van der Waals surface area contributed by atoms with E-state index in [9.17, 15) is 25.2 Å². The second-order valence-electron chi connectivity index (χ2n) is 7.82. The Bertz CT molecular complexity index is 491. The Labute approximate surface area is 135 Å². The molecule has 2 bridgehead atoms. The van der Waals surface area contributed by atoms with Crippen LogP contribution >= 0.6 is 0 Å². The molecule has 0 aromatic heterocycles. The molecule has 3 fully saturated rings. The predicted octanol–water partition coefficient (Wildman–Crippen LogP) is -0.803. The van der Waals surface area contributed by atoms with Gasteiger partial charge in [-0.1, -0.05) is 20.8 Å². The molecule has 4 N–H and O–H groups in total. The van der Waals surface area contributed by atoms with E-state index in [2.05, 4.69) is 13.8 Å². The summed E-state index contributed by atoms with van der Waals surface area (Å²) >= 11 is 0. The number of hydrogen-bond donors (Lipinski definition) is 4. The van der Waals surface area contributed by atoms with Gasteiger partial charge >= 0.3 is 0 Å². The third kappa shape index (κ3) is 2.22. The lowest BCUT2D eigenvalue weighted by Gasteiger charge is -2.41. The molecule has 7 nitrogen and oxygen atoms in total. The largest absolute Gasteiger partial charge is 0.394 e. The highest BCUT2D eigenvalue weighted by atomic mass is 16.7. The average molecular weight is 330 g/mol. The molecule has 23 heavy (non-hydrogen) atoms. The van der Waals surface area contributed by atoms with Gasteiger partial charge in [-0.3, -0.25) is 4.79 Å². The van der Waals surface area contributed by atoms with E-state index in [0.29, 0.717) is 0 Å². The van der Waals surface area contributed by atoms with Crippen LogP contribution in [0.2, 0.25) is 0 Å². The van der Waals surface area contributed by atoms with Crippen LogP contribution in [0.4, 0.5) is 0 Å². The smallest absolute Gasteiger partial charge is 0.187 e. The molecule has 1 heterocycles. The first-order valence-corrected chi connectivity index (χ1v) is 8.15. The molecule has 0 unspecified atom stereocenters. The summed E-state index contributed by atoms with van der Waals surface area (Å²) in [4.78, 5) is 12.8. The minimum Gasteiger partial charge on any atom is -0.394 e. The van der Waals surface area contributed by atoms with E-state index in [-0.39, 0.29) is 17.1 Å². The van der Waals surface area contributed by atoms with Crippen LogP contribution in [0.1, 0.15) is 33.6 Å². The van der Waals surface area contributed by atoms with Crippen molar-refractivity contribution in [1.29, 1.82) is 0 Å². The van der Waals surface area contributed by atoms with Crippen molar-refractivity contribution in [3.05, 3.63) is 0 Å². The number of hydrogen-bond acceptors (Lipinski definition) is 7. The van der Waals surface area contributed by atoms with Gasteiger partial charge in [-0.25, -0.2) is 0 Å². The van der Waals surface area contributed by atoms with Crippen LogP contribution in [0.15, 0.2) is 0 Å². The molecular formula is C16H26O7. The Balaban J connectivity index is 1.79. The van der Waals surface area contributed by atoms with Crippen molar-refractivity contribution in [1.82, 2.24) is 0 Å². The van der Waals surface area contributed by atoms with Crippen molar-refractivity contribution >= 4 is 5.78 Å². The summed E-state index contributed by atoms with van der Waals surface area (Å²) in [5.41, 5.74) is -0.667. The first-order valence-electron chi connectivity index (χ1n) is 8.15. The molecule has 1 saturated heterocycles. The van der Waals surface area contributed by atoms with E-state index >= 15 is 0 Å². The summed E-state index contributed by atoms with van der Waals surface area (Å²) < 4.78 is 11.1. The fourth-order valence-electron chi connectivity index (χ4n) is 4.48. The maximum atomic E-state index is 12.8. The molecule has 7 heteroatoms. The van der Waals surface area contributed by atoms with Gasteiger partial charge in [0.25, 0.3) is 0 Å². The number of carbonyl (C=O) groups excluding carboxylic acids is 1. The number of fused-ring (bicyclic) bond motifs is 2. The quantitative estimate of drug-likeness (QED) is 0.535. The van der Waals surface area contributed by atoms with E-state index in [1.165, 1.54) is 0 Å². The van der Waals surface area contributed by atoms with Crippen molar-refractivity contribution in [2.45, 2.75) is 70.4 Å². The topological polar surface area (TPSA) is 116 Å². The number of carbonyl (C=O) groups is 1. The summed E-state index contributed by atoms with van der Waals surface area (Å²) in [5, 5.41) is 38.9. The Morgan fingerprint density at radius 2 is 1.83 bits per heavy atom. The van der Waals surface area contributed by atoms with Gasteiger partial charge in [0.15, 0.2) is 12.1 Å². The van der Waals surface area contributed by atoms with Crippen LogP contribution in [0.5, 0.6) is 0 Å². The number of rotatable bonds is 3. The highest BCUT2D eigenvalue weighted by molar-refractivity contribution is 5.93. The Morgan fingerprint density at radius 1 is 1.17 bits per heavy atom. The van der Waals surface area contributed by atoms with Crippen LogP contribution < -0.4 is 0 Å². The van der Waals surface area contributed by atoms with Crippen molar-refractivity contribution in [2.75, 3.05) is 6.61 Å². The van der Waals surface area contributed by atoms with E-state index in [0.717, 1.165) is 12.8 Å². The molecule has 132 valence electrons. The molecular weight excluding hydrogens is 304 g/mol. The summed E-state index contributed by atoms with van der Waals surface area (Å²) in [6.07, 6.45) is -5.72. The van der Waals surface area contributed by atoms with Gasteiger partial charge in [-0.15, -0.1) is 0 Å². The van der Waals surface area contributed by atoms with Gasteiger partial charge in [0.1, 0.15) is 30.5 Å². The van der Waals surface area contributed by atoms with Crippen LogP contribution in [-0.4, -0.2) is 69.6 Å². The van der Waals surface area contributed by atoms with Crippen LogP contribution in [-0.2, 0) is 14.3 Å². The summed E-state index contributed by atoms with van der Waals surface area (Å²) in [5.74, 6) is 0.0167. The molecule has 3 rings (SSSR count). The van der Waals surface area contributed by atoms with E-state index < -0.39 is 48.8 Å². The van der Waals surface area contributed by atoms with Crippen molar-refractivity contribution in [3.63, 3.8) is 0 Å². The van der Waals surface area contributed by atoms with Gasteiger partial charge in [0.2, 0.25) is 0 Å². The summed E-state index contributed by atoms with van der Waals surface area (Å²) in [6.45, 7) is 5.54. The highest BCUT2D eigenvalue weighted by Gasteiger charge is 2.67. The minimum atomic E-state index is -1.50. The molecule has 0 radical (unpaired) electrons. The average Bonchev–Trinajstić information content (AvgIpc) is 2.81. The number of ketones is 1. The second-order valence-corrected chi connectivity index (χ2v) is 7.82. The van der Waals surface area contributed by atoms with Gasteiger partial charge < -0.3 is 29.9 Å². The van der Waals surface area contributed by atoms with Crippen molar-refractivity contribution in [2.24, 2.45) is 16.7 Å². The lowest BCUT2D eigenvalue weighted by Crippen LogP contribution is -2.60. The molecule has 0 aromatic rings. The lowest BCUT2D eigenvalue weighted by atomic mass is 9.70. The molecule has 0 aromatic carbocycles. The van der Waals surface area contributed by atoms with Crippen LogP contribution in [0, 0.1) is 16.7 Å². The molecule has 2 aliphatic carbocycles. The third-order valence-corrected chi connectivity index (χ3v) is 6.60. The predicted molar refractivity (Wildman–Crippen MR) is 78.3 cm³/mol. The number of aliphatic hydroxyl groups is 4. The molecule has 8 atom stereocenters. The van der Waals surface area contributed by atoms with E-state index in [1.54, 1.807) is 0 Å². The van der Waals surface area contributed by atoms with Gasteiger partial charge in [-0.2, -0.15) is 0 Å². The lowest BCUT2D eigenvalue weighted by molar-refractivity contribution is -0.311. The summed E-state index contributed by atoms with van der Waals surface area (Å²) in [7, 11) is 0.